The largest absolute Gasteiger partial charge is 0.493 e. The van der Waals surface area contributed by atoms with Crippen molar-refractivity contribution in [2.24, 2.45) is 7.05 Å². The van der Waals surface area contributed by atoms with E-state index >= 15 is 0 Å². The minimum absolute atomic E-state index is 0.632. The Kier molecular flexibility index (Phi) is 3.90. The quantitative estimate of drug-likeness (QED) is 0.411. The summed E-state index contributed by atoms with van der Waals surface area (Å²) in [5.74, 6) is 2.58. The van der Waals surface area contributed by atoms with Crippen LogP contribution >= 0.6 is 11.8 Å². The molecule has 122 valence electrons. The van der Waals surface area contributed by atoms with Crippen LogP contribution in [0.15, 0.2) is 53.7 Å². The van der Waals surface area contributed by atoms with Crippen molar-refractivity contribution >= 4 is 28.6 Å². The second kappa shape index (κ2) is 6.20. The number of hydrogen-bond acceptors (Lipinski definition) is 4. The Bertz CT molecular complexity index is 988. The van der Waals surface area contributed by atoms with Crippen molar-refractivity contribution in [2.75, 3.05) is 12.4 Å². The number of thioether (sulfide) groups is 1. The maximum absolute atomic E-state index is 5.78. The molecule has 0 aliphatic rings. The molecule has 0 saturated carbocycles. The zero-order chi connectivity index (χ0) is 16.5. The number of hydrogen-bond donors (Lipinski definition) is 0. The van der Waals surface area contributed by atoms with Gasteiger partial charge in [-0.2, -0.15) is 0 Å². The Morgan fingerprint density at radius 1 is 1.00 bits per heavy atom. The van der Waals surface area contributed by atoms with E-state index in [1.807, 2.05) is 31.3 Å². The van der Waals surface area contributed by atoms with E-state index in [2.05, 4.69) is 50.4 Å². The molecule has 0 aliphatic carbocycles. The number of aromatic nitrogens is 4. The molecular formula is C18H18N4OS. The summed E-state index contributed by atoms with van der Waals surface area (Å²) < 4.78 is 9.95. The van der Waals surface area contributed by atoms with Crippen LogP contribution in [0.5, 0.6) is 5.75 Å². The third-order valence-electron chi connectivity index (χ3n) is 4.00. The monoisotopic (exact) mass is 338 g/mol. The van der Waals surface area contributed by atoms with Crippen LogP contribution < -0.4 is 4.74 Å². The lowest BCUT2D eigenvalue weighted by Gasteiger charge is -2.05. The summed E-state index contributed by atoms with van der Waals surface area (Å²) in [6.07, 6.45) is 0. The highest BCUT2D eigenvalue weighted by atomic mass is 32.2. The normalized spacial score (nSPS) is 11.4. The Labute approximate surface area is 144 Å². The molecule has 0 radical (unpaired) electrons. The number of ether oxygens (including phenoxy) is 1. The van der Waals surface area contributed by atoms with Crippen molar-refractivity contribution in [3.8, 4) is 5.75 Å². The van der Waals surface area contributed by atoms with Crippen molar-refractivity contribution in [3.63, 3.8) is 0 Å². The van der Waals surface area contributed by atoms with Gasteiger partial charge in [-0.15, -0.1) is 10.2 Å². The third kappa shape index (κ3) is 2.63. The first-order valence-electron chi connectivity index (χ1n) is 7.85. The van der Waals surface area contributed by atoms with E-state index in [9.17, 15) is 0 Å². The number of benzene rings is 2. The summed E-state index contributed by atoms with van der Waals surface area (Å²) >= 11 is 1.66. The van der Waals surface area contributed by atoms with Gasteiger partial charge in [0.25, 0.3) is 0 Å². The number of fused-ring (bicyclic) bond motifs is 3. The lowest BCUT2D eigenvalue weighted by atomic mass is 10.2. The van der Waals surface area contributed by atoms with Crippen LogP contribution in [0, 0.1) is 6.92 Å². The average Bonchev–Trinajstić information content (AvgIpc) is 3.14. The fourth-order valence-corrected chi connectivity index (χ4v) is 3.51. The van der Waals surface area contributed by atoms with E-state index in [-0.39, 0.29) is 0 Å². The van der Waals surface area contributed by atoms with Crippen LogP contribution in [0.4, 0.5) is 0 Å². The van der Waals surface area contributed by atoms with Gasteiger partial charge in [-0.25, -0.2) is 0 Å². The fraction of sp³-hybridized carbons (Fsp3) is 0.222. The molecule has 4 aromatic rings. The van der Waals surface area contributed by atoms with Gasteiger partial charge < -0.3 is 9.30 Å². The van der Waals surface area contributed by atoms with Crippen molar-refractivity contribution in [1.29, 1.82) is 0 Å². The molecule has 2 aromatic heterocycles. The molecule has 24 heavy (non-hydrogen) atoms. The van der Waals surface area contributed by atoms with Crippen LogP contribution in [0.25, 0.3) is 16.8 Å². The Hall–Kier alpha value is -2.47. The predicted octanol–water partition coefficient (Wildman–Crippen LogP) is 3.70. The first-order valence-corrected chi connectivity index (χ1v) is 8.83. The maximum atomic E-state index is 5.78. The molecule has 5 nitrogen and oxygen atoms in total. The van der Waals surface area contributed by atoms with E-state index in [1.54, 1.807) is 11.8 Å². The summed E-state index contributed by atoms with van der Waals surface area (Å²) in [6, 6.07) is 16.4. The maximum Gasteiger partial charge on any atom is 0.236 e. The second-order valence-electron chi connectivity index (χ2n) is 5.68. The Morgan fingerprint density at radius 2 is 1.75 bits per heavy atom. The standard InChI is InChI=1S/C18H18N4OS/c1-13-7-9-14(10-8-13)23-11-12-24-18-20-19-17-21(2)15-5-3-4-6-16(15)22(17)18/h3-10H,11-12H2,1-2H3. The van der Waals surface area contributed by atoms with Gasteiger partial charge in [-0.1, -0.05) is 41.6 Å². The molecule has 0 spiro atoms. The first kappa shape index (κ1) is 15.1. The van der Waals surface area contributed by atoms with Crippen LogP contribution in [0.2, 0.25) is 0 Å². The first-order chi connectivity index (χ1) is 11.7. The van der Waals surface area contributed by atoms with Gasteiger partial charge in [-0.05, 0) is 31.2 Å². The molecule has 4 rings (SSSR count). The van der Waals surface area contributed by atoms with Crippen molar-refractivity contribution in [3.05, 3.63) is 54.1 Å². The highest BCUT2D eigenvalue weighted by Crippen LogP contribution is 2.24. The van der Waals surface area contributed by atoms with Gasteiger partial charge >= 0.3 is 0 Å². The topological polar surface area (TPSA) is 44.4 Å². The average molecular weight is 338 g/mol. The van der Waals surface area contributed by atoms with Gasteiger partial charge in [0.15, 0.2) is 5.16 Å². The summed E-state index contributed by atoms with van der Waals surface area (Å²) in [5, 5.41) is 9.54. The highest BCUT2D eigenvalue weighted by Gasteiger charge is 2.14. The van der Waals surface area contributed by atoms with Crippen molar-refractivity contribution in [2.45, 2.75) is 12.1 Å². The van der Waals surface area contributed by atoms with Crippen molar-refractivity contribution in [1.82, 2.24) is 19.2 Å². The van der Waals surface area contributed by atoms with E-state index in [0.717, 1.165) is 33.5 Å². The molecule has 0 amide bonds. The molecule has 0 aliphatic heterocycles. The number of aryl methyl sites for hydroxylation is 2. The van der Waals surface area contributed by atoms with Gasteiger partial charge in [0.05, 0.1) is 17.6 Å². The zero-order valence-corrected chi connectivity index (χ0v) is 14.5. The molecule has 0 atom stereocenters. The SMILES string of the molecule is Cc1ccc(OCCSc2nnc3n(C)c4ccccc4n23)cc1. The van der Waals surface area contributed by atoms with Gasteiger partial charge in [-0.3, -0.25) is 4.40 Å². The predicted molar refractivity (Wildman–Crippen MR) is 96.9 cm³/mol. The minimum Gasteiger partial charge on any atom is -0.493 e. The fourth-order valence-electron chi connectivity index (χ4n) is 2.76. The molecule has 2 heterocycles. The number of imidazole rings is 1. The van der Waals surface area contributed by atoms with E-state index < -0.39 is 0 Å². The van der Waals surface area contributed by atoms with E-state index in [4.69, 9.17) is 4.74 Å². The second-order valence-corrected chi connectivity index (χ2v) is 6.74. The van der Waals surface area contributed by atoms with Gasteiger partial charge in [0.1, 0.15) is 5.75 Å². The molecule has 6 heteroatoms. The number of nitrogens with zero attached hydrogens (tertiary/aromatic N) is 4. The molecule has 0 fully saturated rings. The van der Waals surface area contributed by atoms with E-state index in [0.29, 0.717) is 6.61 Å². The van der Waals surface area contributed by atoms with Crippen LogP contribution in [-0.4, -0.2) is 31.5 Å². The molecule has 2 aromatic carbocycles. The van der Waals surface area contributed by atoms with Crippen LogP contribution in [0.1, 0.15) is 5.56 Å². The smallest absolute Gasteiger partial charge is 0.236 e. The summed E-state index contributed by atoms with van der Waals surface area (Å²) in [4.78, 5) is 0. The van der Waals surface area contributed by atoms with Gasteiger partial charge in [0, 0.05) is 12.8 Å². The molecule has 0 unspecified atom stereocenters. The highest BCUT2D eigenvalue weighted by molar-refractivity contribution is 7.99. The third-order valence-corrected chi connectivity index (χ3v) is 4.90. The molecule has 0 saturated heterocycles. The van der Waals surface area contributed by atoms with Gasteiger partial charge in [0.2, 0.25) is 5.78 Å². The molecule has 0 N–H and O–H groups in total. The minimum atomic E-state index is 0.632. The summed E-state index contributed by atoms with van der Waals surface area (Å²) in [7, 11) is 2.02. The molecular weight excluding hydrogens is 320 g/mol. The Balaban J connectivity index is 1.49. The number of para-hydroxylation sites is 2. The molecule has 0 bridgehead atoms. The summed E-state index contributed by atoms with van der Waals surface area (Å²) in [6.45, 7) is 2.70. The van der Waals surface area contributed by atoms with Crippen molar-refractivity contribution < 1.29 is 4.74 Å². The lowest BCUT2D eigenvalue weighted by molar-refractivity contribution is 0.344. The lowest BCUT2D eigenvalue weighted by Crippen LogP contribution is -2.00. The Morgan fingerprint density at radius 3 is 2.54 bits per heavy atom. The number of rotatable bonds is 5. The zero-order valence-electron chi connectivity index (χ0n) is 13.6. The summed E-state index contributed by atoms with van der Waals surface area (Å²) in [5.41, 5.74) is 3.51. The van der Waals surface area contributed by atoms with Crippen LogP contribution in [-0.2, 0) is 7.05 Å². The van der Waals surface area contributed by atoms with Crippen LogP contribution in [0.3, 0.4) is 0 Å². The van der Waals surface area contributed by atoms with E-state index in [1.165, 1.54) is 5.56 Å².